The van der Waals surface area contributed by atoms with Crippen molar-refractivity contribution in [3.05, 3.63) is 42.1 Å². The molecule has 274 valence electrons. The minimum atomic E-state index is -2.17. The molecule has 2 heterocycles. The van der Waals surface area contributed by atoms with Crippen molar-refractivity contribution in [3.63, 3.8) is 0 Å². The number of nitrogens with zero attached hydrogens (tertiary/aromatic N) is 2. The number of benzene rings is 1. The van der Waals surface area contributed by atoms with E-state index >= 15 is 0 Å². The summed E-state index contributed by atoms with van der Waals surface area (Å²) >= 11 is 0. The maximum Gasteiger partial charge on any atom is 0.252 e. The van der Waals surface area contributed by atoms with Crippen molar-refractivity contribution in [2.75, 3.05) is 6.54 Å². The molecule has 1 aromatic heterocycles. The van der Waals surface area contributed by atoms with Crippen LogP contribution in [-0.4, -0.2) is 76.9 Å². The van der Waals surface area contributed by atoms with Crippen molar-refractivity contribution in [3.8, 4) is 0 Å². The number of pyridine rings is 1. The van der Waals surface area contributed by atoms with Crippen LogP contribution in [-0.2, 0) is 19.2 Å². The van der Waals surface area contributed by atoms with E-state index in [1.807, 2.05) is 72.7 Å². The Morgan fingerprint density at radius 1 is 1.02 bits per heavy atom. The molecular weight excluding hydrogens is 632 g/mol. The van der Waals surface area contributed by atoms with Gasteiger partial charge in [0.05, 0.1) is 17.1 Å². The second-order valence-electron chi connectivity index (χ2n) is 13.4. The van der Waals surface area contributed by atoms with Crippen LogP contribution >= 0.6 is 0 Å². The number of hydrogen-bond donors (Lipinski definition) is 3. The number of halogens is 2. The quantitative estimate of drug-likeness (QED) is 0.279. The van der Waals surface area contributed by atoms with Crippen LogP contribution in [0.25, 0.3) is 10.9 Å². The zero-order valence-electron chi connectivity index (χ0n) is 30.8. The van der Waals surface area contributed by atoms with Gasteiger partial charge in [0.15, 0.2) is 5.78 Å². The molecule has 4 amide bonds. The number of rotatable bonds is 9. The Morgan fingerprint density at radius 2 is 1.63 bits per heavy atom. The lowest BCUT2D eigenvalue weighted by Gasteiger charge is -2.36. The van der Waals surface area contributed by atoms with Gasteiger partial charge in [-0.05, 0) is 76.3 Å². The molecule has 0 bridgehead atoms. The average Bonchev–Trinajstić information content (AvgIpc) is 3.65. The number of ketones is 1. The van der Waals surface area contributed by atoms with Crippen LogP contribution in [0.5, 0.6) is 0 Å². The molecule has 1 saturated carbocycles. The van der Waals surface area contributed by atoms with Gasteiger partial charge in [0.2, 0.25) is 24.6 Å². The first-order valence-electron chi connectivity index (χ1n) is 17.3. The number of fused-ring (bicyclic) bond motifs is 2. The lowest BCUT2D eigenvalue weighted by molar-refractivity contribution is -0.143. The molecule has 2 unspecified atom stereocenters. The number of likely N-dealkylation sites (tertiary alicyclic amines) is 1. The van der Waals surface area contributed by atoms with Crippen LogP contribution in [0.1, 0.15) is 105 Å². The summed E-state index contributed by atoms with van der Waals surface area (Å²) in [5.74, 6) is -0.732. The van der Waals surface area contributed by atoms with Gasteiger partial charge >= 0.3 is 0 Å². The summed E-state index contributed by atoms with van der Waals surface area (Å²) in [4.78, 5) is 68.2. The predicted octanol–water partition coefficient (Wildman–Crippen LogP) is 5.93. The number of aromatic nitrogens is 1. The molecule has 2 aromatic rings. The van der Waals surface area contributed by atoms with Crippen LogP contribution in [0, 0.1) is 17.3 Å². The van der Waals surface area contributed by atoms with Gasteiger partial charge in [-0.25, -0.2) is 8.78 Å². The fraction of sp³-hybridized carbons (Fsp3) is 0.622. The molecule has 1 saturated heterocycles. The van der Waals surface area contributed by atoms with Gasteiger partial charge in [0, 0.05) is 24.2 Å². The van der Waals surface area contributed by atoms with Crippen molar-refractivity contribution in [1.82, 2.24) is 25.8 Å². The summed E-state index contributed by atoms with van der Waals surface area (Å²) in [6.07, 6.45) is 4.01. The molecule has 0 spiro atoms. The predicted molar refractivity (Wildman–Crippen MR) is 189 cm³/mol. The van der Waals surface area contributed by atoms with Gasteiger partial charge in [-0.1, -0.05) is 66.2 Å². The second kappa shape index (κ2) is 20.5. The molecule has 1 aliphatic carbocycles. The summed E-state index contributed by atoms with van der Waals surface area (Å²) in [6, 6.07) is 7.28. The van der Waals surface area contributed by atoms with Crippen LogP contribution in [0.3, 0.4) is 0 Å². The van der Waals surface area contributed by atoms with Gasteiger partial charge in [-0.15, -0.1) is 0 Å². The zero-order chi connectivity index (χ0) is 37.5. The van der Waals surface area contributed by atoms with Crippen LogP contribution in [0.4, 0.5) is 8.78 Å². The maximum absolute atomic E-state index is 14.0. The fourth-order valence-electron chi connectivity index (χ4n) is 5.82. The minimum absolute atomic E-state index is 0.0635. The first kappa shape index (κ1) is 43.1. The second-order valence-corrected chi connectivity index (χ2v) is 13.4. The Morgan fingerprint density at radius 3 is 2.16 bits per heavy atom. The van der Waals surface area contributed by atoms with E-state index in [1.54, 1.807) is 24.1 Å². The number of carbonyl (C=O) groups excluding carboxylic acids is 5. The van der Waals surface area contributed by atoms with Crippen molar-refractivity contribution in [2.45, 2.75) is 126 Å². The summed E-state index contributed by atoms with van der Waals surface area (Å²) in [6.45, 7) is 18.1. The number of Topliss-reactive ketones (excluding diaryl/α,β-unsaturated/α-hetero) is 1. The van der Waals surface area contributed by atoms with Crippen molar-refractivity contribution < 1.29 is 32.8 Å². The van der Waals surface area contributed by atoms with Crippen molar-refractivity contribution in [1.29, 1.82) is 0 Å². The molecule has 2 aliphatic rings. The minimum Gasteiger partial charge on any atom is -0.356 e. The number of carbonyl (C=O) groups is 5. The molecule has 3 N–H and O–H groups in total. The number of para-hydroxylation sites is 1. The molecule has 10 nitrogen and oxygen atoms in total. The van der Waals surface area contributed by atoms with Crippen molar-refractivity contribution >= 4 is 40.8 Å². The van der Waals surface area contributed by atoms with Crippen LogP contribution in [0.15, 0.2) is 36.5 Å². The summed E-state index contributed by atoms with van der Waals surface area (Å²) in [5, 5.41) is 9.12. The normalized spacial score (nSPS) is 19.7. The van der Waals surface area contributed by atoms with Crippen molar-refractivity contribution in [2.24, 2.45) is 17.3 Å². The van der Waals surface area contributed by atoms with Gasteiger partial charge in [0.25, 0.3) is 5.91 Å². The first-order chi connectivity index (χ1) is 23.0. The molecule has 0 radical (unpaired) electrons. The number of alkyl halides is 2. The smallest absolute Gasteiger partial charge is 0.252 e. The lowest BCUT2D eigenvalue weighted by Crippen LogP contribution is -2.59. The van der Waals surface area contributed by atoms with Gasteiger partial charge in [-0.2, -0.15) is 0 Å². The Kier molecular flexibility index (Phi) is 18.0. The largest absolute Gasteiger partial charge is 0.356 e. The number of hydrogen-bond acceptors (Lipinski definition) is 6. The Labute approximate surface area is 290 Å². The van der Waals surface area contributed by atoms with Crippen LogP contribution in [0.2, 0.25) is 0 Å². The van der Waals surface area contributed by atoms with Gasteiger partial charge in [-0.3, -0.25) is 29.0 Å². The maximum atomic E-state index is 14.0. The summed E-state index contributed by atoms with van der Waals surface area (Å²) in [7, 11) is 0. The average molecular weight is 690 g/mol. The molecule has 1 aliphatic heterocycles. The monoisotopic (exact) mass is 689 g/mol. The first-order valence-corrected chi connectivity index (χ1v) is 17.3. The molecule has 2 fully saturated rings. The number of nitrogens with one attached hydrogen (secondary N) is 3. The molecule has 1 aromatic carbocycles. The third kappa shape index (κ3) is 12.8. The molecule has 4 rings (SSSR count). The third-order valence-corrected chi connectivity index (χ3v) is 8.66. The van der Waals surface area contributed by atoms with E-state index < -0.39 is 30.0 Å². The van der Waals surface area contributed by atoms with E-state index in [4.69, 9.17) is 0 Å². The van der Waals surface area contributed by atoms with E-state index in [9.17, 15) is 32.8 Å². The van der Waals surface area contributed by atoms with E-state index in [1.165, 1.54) is 6.92 Å². The highest BCUT2D eigenvalue weighted by Gasteiger charge is 2.51. The standard InChI is InChI=1S/C28H36N4O4.C5H11NO.C2H4F2.C2H6/c1-16(17(2)33)30-26(35)23-19-11-8-9-18(19)15-32(23)27(36)24(28(3,4)5)31-25(34)21-13-14-29-22-12-7-6-10-20(21)22;1-3-5(2)6-4-7;1-2(3)4;1-2/h6-7,10,12-14,16,18-19,23-24H,8-9,11,15H2,1-5H3,(H,30,35)(H,31,34);4-5H,3H2,1-2H3,(H,6,7);2H,1H3;1-2H3/t16?,18-,19-,23?,24+;5-;;/m00../s1. The third-order valence-electron chi connectivity index (χ3n) is 8.66. The van der Waals surface area contributed by atoms with Gasteiger partial charge in [0.1, 0.15) is 12.1 Å². The lowest BCUT2D eigenvalue weighted by atomic mass is 9.85. The highest BCUT2D eigenvalue weighted by atomic mass is 19.3. The Balaban J connectivity index is 0.000000792. The molecule has 6 atom stereocenters. The Bertz CT molecular complexity index is 1370. The molecular formula is C37H57F2N5O5. The SMILES string of the molecule is CC.CC(=O)C(C)NC(=O)C1[C@H]2CCC[C@H]2CN1C(=O)[C@@H](NC(=O)c1ccnc2ccccc12)C(C)(C)C.CC(F)F.CC[C@H](C)NC=O. The van der Waals surface area contributed by atoms with E-state index in [0.29, 0.717) is 29.1 Å². The molecule has 12 heteroatoms. The van der Waals surface area contributed by atoms with E-state index in [2.05, 4.69) is 20.9 Å². The number of amides is 4. The zero-order valence-corrected chi connectivity index (χ0v) is 30.8. The summed E-state index contributed by atoms with van der Waals surface area (Å²) in [5.41, 5.74) is 0.555. The summed E-state index contributed by atoms with van der Waals surface area (Å²) < 4.78 is 20.7. The highest BCUT2D eigenvalue weighted by molar-refractivity contribution is 6.07. The fourth-order valence-corrected chi connectivity index (χ4v) is 5.82. The highest BCUT2D eigenvalue weighted by Crippen LogP contribution is 2.43. The topological polar surface area (TPSA) is 138 Å². The van der Waals surface area contributed by atoms with Crippen LogP contribution < -0.4 is 16.0 Å². The Hall–Kier alpha value is -3.96. The van der Waals surface area contributed by atoms with E-state index in [-0.39, 0.29) is 35.3 Å². The van der Waals surface area contributed by atoms with E-state index in [0.717, 1.165) is 39.0 Å². The molecule has 49 heavy (non-hydrogen) atoms. The van der Waals surface area contributed by atoms with Gasteiger partial charge < -0.3 is 20.9 Å².